The van der Waals surface area contributed by atoms with Crippen LogP contribution >= 0.6 is 23.8 Å². The zero-order chi connectivity index (χ0) is 19.7. The van der Waals surface area contributed by atoms with Crippen LogP contribution in [0.2, 0.25) is 5.02 Å². The van der Waals surface area contributed by atoms with Crippen molar-refractivity contribution in [2.75, 3.05) is 7.05 Å². The van der Waals surface area contributed by atoms with E-state index in [4.69, 9.17) is 28.6 Å². The molecule has 0 fully saturated rings. The highest BCUT2D eigenvalue weighted by Crippen LogP contribution is 2.37. The first-order chi connectivity index (χ1) is 13.5. The number of hydrogen-bond donors (Lipinski definition) is 1. The van der Waals surface area contributed by atoms with Crippen LogP contribution in [-0.2, 0) is 11.4 Å². The SMILES string of the molecule is CN1C(=S)NC(c2cccc(OCc3ccc(Cl)cc3)c2)C2=C1CCCC2=O. The minimum Gasteiger partial charge on any atom is -0.489 e. The summed E-state index contributed by atoms with van der Waals surface area (Å²) in [4.78, 5) is 14.6. The molecule has 6 heteroatoms. The number of ether oxygens (including phenoxy) is 1. The maximum Gasteiger partial charge on any atom is 0.173 e. The summed E-state index contributed by atoms with van der Waals surface area (Å²) in [6, 6.07) is 15.2. The second kappa shape index (κ2) is 7.94. The van der Waals surface area contributed by atoms with Crippen molar-refractivity contribution < 1.29 is 9.53 Å². The molecule has 0 radical (unpaired) electrons. The van der Waals surface area contributed by atoms with Crippen molar-refractivity contribution in [1.82, 2.24) is 10.2 Å². The van der Waals surface area contributed by atoms with Crippen molar-refractivity contribution >= 4 is 34.7 Å². The lowest BCUT2D eigenvalue weighted by Crippen LogP contribution is -2.47. The Morgan fingerprint density at radius 2 is 2.00 bits per heavy atom. The largest absolute Gasteiger partial charge is 0.489 e. The fourth-order valence-electron chi connectivity index (χ4n) is 3.72. The number of thiocarbonyl (C=S) groups is 1. The standard InChI is InChI=1S/C22H21ClN2O2S/c1-25-18-6-3-7-19(26)20(18)21(24-22(25)28)15-4-2-5-17(12-15)27-13-14-8-10-16(23)11-9-14/h2,4-5,8-12,21H,3,6-7,13H2,1H3,(H,24,28). The topological polar surface area (TPSA) is 41.6 Å². The van der Waals surface area contributed by atoms with Gasteiger partial charge in [-0.1, -0.05) is 35.9 Å². The Bertz CT molecular complexity index is 955. The lowest BCUT2D eigenvalue weighted by molar-refractivity contribution is -0.116. The highest BCUT2D eigenvalue weighted by atomic mass is 35.5. The van der Waals surface area contributed by atoms with Crippen molar-refractivity contribution in [3.05, 3.63) is 76.0 Å². The van der Waals surface area contributed by atoms with Gasteiger partial charge in [0.1, 0.15) is 12.4 Å². The average molecular weight is 413 g/mol. The zero-order valence-corrected chi connectivity index (χ0v) is 17.1. The maximum atomic E-state index is 12.7. The van der Waals surface area contributed by atoms with Crippen LogP contribution in [0.4, 0.5) is 0 Å². The lowest BCUT2D eigenvalue weighted by Gasteiger charge is -2.39. The molecule has 1 aliphatic heterocycles. The summed E-state index contributed by atoms with van der Waals surface area (Å²) in [7, 11) is 1.92. The number of halogens is 1. The molecule has 0 bridgehead atoms. The molecule has 4 rings (SSSR count). The highest BCUT2D eigenvalue weighted by molar-refractivity contribution is 7.80. The molecule has 0 amide bonds. The third-order valence-corrected chi connectivity index (χ3v) is 5.85. The summed E-state index contributed by atoms with van der Waals surface area (Å²) >= 11 is 11.4. The van der Waals surface area contributed by atoms with Gasteiger partial charge in [0.15, 0.2) is 10.9 Å². The molecule has 0 aromatic heterocycles. The molecular weight excluding hydrogens is 392 g/mol. The first-order valence-electron chi connectivity index (χ1n) is 9.30. The van der Waals surface area contributed by atoms with E-state index in [9.17, 15) is 4.79 Å². The fourth-order valence-corrected chi connectivity index (χ4v) is 4.07. The fraction of sp³-hybridized carbons (Fsp3) is 0.273. The summed E-state index contributed by atoms with van der Waals surface area (Å²) in [5, 5.41) is 4.68. The Hall–Kier alpha value is -2.37. The Labute approximate surface area is 175 Å². The summed E-state index contributed by atoms with van der Waals surface area (Å²) in [6.45, 7) is 0.451. The molecule has 1 N–H and O–H groups in total. The van der Waals surface area contributed by atoms with E-state index in [0.717, 1.165) is 41.0 Å². The van der Waals surface area contributed by atoms with Gasteiger partial charge in [-0.05, 0) is 60.5 Å². The Morgan fingerprint density at radius 1 is 1.21 bits per heavy atom. The van der Waals surface area contributed by atoms with Crippen LogP contribution in [0.1, 0.15) is 36.4 Å². The van der Waals surface area contributed by atoms with Gasteiger partial charge in [-0.25, -0.2) is 0 Å². The van der Waals surface area contributed by atoms with Crippen LogP contribution in [-0.4, -0.2) is 22.8 Å². The number of carbonyl (C=O) groups is 1. The molecule has 0 saturated carbocycles. The first kappa shape index (κ1) is 19.0. The van der Waals surface area contributed by atoms with Crippen molar-refractivity contribution in [2.45, 2.75) is 31.9 Å². The van der Waals surface area contributed by atoms with Gasteiger partial charge in [-0.15, -0.1) is 0 Å². The second-order valence-electron chi connectivity index (χ2n) is 7.07. The van der Waals surface area contributed by atoms with Crippen LogP contribution in [0.5, 0.6) is 5.75 Å². The summed E-state index contributed by atoms with van der Waals surface area (Å²) in [5.74, 6) is 0.949. The number of nitrogens with zero attached hydrogens (tertiary/aromatic N) is 1. The van der Waals surface area contributed by atoms with E-state index in [1.165, 1.54) is 0 Å². The molecule has 4 nitrogen and oxygen atoms in total. The molecule has 2 aromatic rings. The molecule has 144 valence electrons. The van der Waals surface area contributed by atoms with Gasteiger partial charge in [0.2, 0.25) is 0 Å². The van der Waals surface area contributed by atoms with Gasteiger partial charge in [0, 0.05) is 29.8 Å². The predicted octanol–water partition coefficient (Wildman–Crippen LogP) is 4.79. The molecule has 2 aliphatic rings. The molecule has 2 aromatic carbocycles. The summed E-state index contributed by atoms with van der Waals surface area (Å²) in [6.07, 6.45) is 2.34. The van der Waals surface area contributed by atoms with Gasteiger partial charge >= 0.3 is 0 Å². The van der Waals surface area contributed by atoms with Crippen molar-refractivity contribution in [3.63, 3.8) is 0 Å². The first-order valence-corrected chi connectivity index (χ1v) is 10.1. The van der Waals surface area contributed by atoms with Gasteiger partial charge in [-0.2, -0.15) is 0 Å². The quantitative estimate of drug-likeness (QED) is 0.731. The zero-order valence-electron chi connectivity index (χ0n) is 15.6. The van der Waals surface area contributed by atoms with E-state index < -0.39 is 0 Å². The number of benzene rings is 2. The van der Waals surface area contributed by atoms with E-state index in [2.05, 4.69) is 5.32 Å². The lowest BCUT2D eigenvalue weighted by atomic mass is 9.85. The van der Waals surface area contributed by atoms with E-state index >= 15 is 0 Å². The van der Waals surface area contributed by atoms with Crippen molar-refractivity contribution in [1.29, 1.82) is 0 Å². The predicted molar refractivity (Wildman–Crippen MR) is 114 cm³/mol. The number of nitrogens with one attached hydrogen (secondary N) is 1. The number of allylic oxidation sites excluding steroid dienone is 1. The van der Waals surface area contributed by atoms with Gasteiger partial charge in [0.05, 0.1) is 6.04 Å². The average Bonchev–Trinajstić information content (AvgIpc) is 2.71. The number of carbonyl (C=O) groups excluding carboxylic acids is 1. The van der Waals surface area contributed by atoms with Crippen LogP contribution in [0.3, 0.4) is 0 Å². The van der Waals surface area contributed by atoms with E-state index in [0.29, 0.717) is 23.2 Å². The van der Waals surface area contributed by atoms with Crippen molar-refractivity contribution in [2.24, 2.45) is 0 Å². The van der Waals surface area contributed by atoms with Gasteiger partial charge in [-0.3, -0.25) is 4.79 Å². The molecule has 0 saturated heterocycles. The molecule has 0 spiro atoms. The number of hydrogen-bond acceptors (Lipinski definition) is 3. The van der Waals surface area contributed by atoms with Crippen LogP contribution in [0.25, 0.3) is 0 Å². The van der Waals surface area contributed by atoms with Gasteiger partial charge in [0.25, 0.3) is 0 Å². The normalized spacial score (nSPS) is 19.4. The third kappa shape index (κ3) is 3.77. The minimum atomic E-state index is -0.231. The number of ketones is 1. The Morgan fingerprint density at radius 3 is 2.79 bits per heavy atom. The van der Waals surface area contributed by atoms with E-state index in [-0.39, 0.29) is 11.8 Å². The Balaban J connectivity index is 1.59. The van der Waals surface area contributed by atoms with Crippen LogP contribution < -0.4 is 10.1 Å². The third-order valence-electron chi connectivity index (χ3n) is 5.20. The van der Waals surface area contributed by atoms with Crippen LogP contribution in [0, 0.1) is 0 Å². The summed E-state index contributed by atoms with van der Waals surface area (Å²) < 4.78 is 5.96. The van der Waals surface area contributed by atoms with E-state index in [1.54, 1.807) is 0 Å². The summed E-state index contributed by atoms with van der Waals surface area (Å²) in [5.41, 5.74) is 3.89. The molecular formula is C22H21ClN2O2S. The molecule has 1 atom stereocenters. The van der Waals surface area contributed by atoms with Gasteiger partial charge < -0.3 is 15.0 Å². The molecule has 28 heavy (non-hydrogen) atoms. The van der Waals surface area contributed by atoms with E-state index in [1.807, 2.05) is 60.5 Å². The van der Waals surface area contributed by atoms with Crippen molar-refractivity contribution in [3.8, 4) is 5.75 Å². The Kier molecular flexibility index (Phi) is 5.38. The molecule has 1 heterocycles. The van der Waals surface area contributed by atoms with Crippen LogP contribution in [0.15, 0.2) is 59.8 Å². The molecule has 1 unspecified atom stereocenters. The number of rotatable bonds is 4. The highest BCUT2D eigenvalue weighted by Gasteiger charge is 2.35. The smallest absolute Gasteiger partial charge is 0.173 e. The number of Topliss-reactive ketones (excluding diaryl/α,β-unsaturated/α-hetero) is 1. The maximum absolute atomic E-state index is 12.7. The second-order valence-corrected chi connectivity index (χ2v) is 7.89. The monoisotopic (exact) mass is 412 g/mol. The molecule has 1 aliphatic carbocycles. The minimum absolute atomic E-state index is 0.195.